The Hall–Kier alpha value is -2.34. The Morgan fingerprint density at radius 2 is 1.70 bits per heavy atom. The van der Waals surface area contributed by atoms with Crippen molar-refractivity contribution >= 4 is 17.3 Å². The molecule has 1 saturated heterocycles. The first-order valence-electron chi connectivity index (χ1n) is 9.73. The summed E-state index contributed by atoms with van der Waals surface area (Å²) in [5, 5.41) is 6.91. The van der Waals surface area contributed by atoms with Gasteiger partial charge >= 0.3 is 0 Å². The SMILES string of the molecule is Cc1noc(C(C)C)c1C(=O)Nc1ccc(N2CCN(C(C)C)CC2)cc1. The Morgan fingerprint density at radius 1 is 1.07 bits per heavy atom. The third-order valence-corrected chi connectivity index (χ3v) is 5.18. The number of carbonyl (C=O) groups excluding carboxylic acids is 1. The average Bonchev–Trinajstić information content (AvgIpc) is 3.04. The lowest BCUT2D eigenvalue weighted by molar-refractivity contribution is 0.102. The molecule has 27 heavy (non-hydrogen) atoms. The summed E-state index contributed by atoms with van der Waals surface area (Å²) in [5.74, 6) is 0.569. The average molecular weight is 370 g/mol. The molecule has 0 radical (unpaired) electrons. The standard InChI is InChI=1S/C21H30N4O2/c1-14(2)20-19(16(5)23-27-20)21(26)22-17-6-8-18(9-7-17)25-12-10-24(11-13-25)15(3)4/h6-9,14-15H,10-13H2,1-5H3,(H,22,26). The Bertz CT molecular complexity index is 772. The van der Waals surface area contributed by atoms with Crippen LogP contribution in [0.4, 0.5) is 11.4 Å². The van der Waals surface area contributed by atoms with Gasteiger partial charge in [-0.3, -0.25) is 9.69 Å². The number of nitrogens with zero attached hydrogens (tertiary/aromatic N) is 3. The van der Waals surface area contributed by atoms with Crippen LogP contribution in [-0.4, -0.2) is 48.2 Å². The van der Waals surface area contributed by atoms with Gasteiger partial charge in [0.25, 0.3) is 5.91 Å². The van der Waals surface area contributed by atoms with Crippen molar-refractivity contribution in [3.63, 3.8) is 0 Å². The first-order valence-corrected chi connectivity index (χ1v) is 9.73. The van der Waals surface area contributed by atoms with Crippen molar-refractivity contribution in [2.75, 3.05) is 36.4 Å². The molecule has 0 saturated carbocycles. The highest BCUT2D eigenvalue weighted by atomic mass is 16.5. The molecule has 1 N–H and O–H groups in total. The first kappa shape index (κ1) is 19.4. The molecule has 0 aliphatic carbocycles. The number of carbonyl (C=O) groups is 1. The van der Waals surface area contributed by atoms with Gasteiger partial charge in [-0.25, -0.2) is 0 Å². The predicted octanol–water partition coefficient (Wildman–Crippen LogP) is 3.89. The third-order valence-electron chi connectivity index (χ3n) is 5.18. The van der Waals surface area contributed by atoms with E-state index in [2.05, 4.69) is 46.3 Å². The molecule has 0 bridgehead atoms. The van der Waals surface area contributed by atoms with Gasteiger partial charge in [0.05, 0.1) is 5.69 Å². The van der Waals surface area contributed by atoms with Crippen LogP contribution in [0.3, 0.4) is 0 Å². The van der Waals surface area contributed by atoms with Crippen LogP contribution in [0, 0.1) is 6.92 Å². The normalized spacial score (nSPS) is 15.6. The second-order valence-corrected chi connectivity index (χ2v) is 7.78. The van der Waals surface area contributed by atoms with Crippen LogP contribution < -0.4 is 10.2 Å². The summed E-state index contributed by atoms with van der Waals surface area (Å²) in [7, 11) is 0. The van der Waals surface area contributed by atoms with E-state index in [4.69, 9.17) is 4.52 Å². The Balaban J connectivity index is 1.65. The fraction of sp³-hybridized carbons (Fsp3) is 0.524. The van der Waals surface area contributed by atoms with E-state index in [1.807, 2.05) is 26.0 Å². The summed E-state index contributed by atoms with van der Waals surface area (Å²) in [4.78, 5) is 17.6. The minimum absolute atomic E-state index is 0.110. The largest absolute Gasteiger partial charge is 0.369 e. The van der Waals surface area contributed by atoms with Crippen LogP contribution in [0.25, 0.3) is 0 Å². The fourth-order valence-electron chi connectivity index (χ4n) is 3.50. The van der Waals surface area contributed by atoms with E-state index in [0.29, 0.717) is 23.1 Å². The minimum atomic E-state index is -0.171. The Morgan fingerprint density at radius 3 is 2.26 bits per heavy atom. The zero-order chi connectivity index (χ0) is 19.6. The van der Waals surface area contributed by atoms with Gasteiger partial charge in [0.2, 0.25) is 0 Å². The van der Waals surface area contributed by atoms with Crippen molar-refractivity contribution in [3.8, 4) is 0 Å². The number of hydrogen-bond donors (Lipinski definition) is 1. The van der Waals surface area contributed by atoms with E-state index in [1.165, 1.54) is 5.69 Å². The number of rotatable bonds is 5. The van der Waals surface area contributed by atoms with Gasteiger partial charge in [0.1, 0.15) is 5.56 Å². The highest BCUT2D eigenvalue weighted by Crippen LogP contribution is 2.24. The van der Waals surface area contributed by atoms with Crippen molar-refractivity contribution in [3.05, 3.63) is 41.3 Å². The van der Waals surface area contributed by atoms with Crippen molar-refractivity contribution in [1.82, 2.24) is 10.1 Å². The van der Waals surface area contributed by atoms with E-state index < -0.39 is 0 Å². The molecule has 0 spiro atoms. The maximum absolute atomic E-state index is 12.7. The summed E-state index contributed by atoms with van der Waals surface area (Å²) in [6.45, 7) is 14.5. The van der Waals surface area contributed by atoms with Gasteiger partial charge in [0, 0.05) is 49.5 Å². The fourth-order valence-corrected chi connectivity index (χ4v) is 3.50. The molecule has 1 amide bonds. The van der Waals surface area contributed by atoms with Crippen LogP contribution in [0.1, 0.15) is 55.4 Å². The van der Waals surface area contributed by atoms with Gasteiger partial charge in [-0.15, -0.1) is 0 Å². The topological polar surface area (TPSA) is 61.6 Å². The third kappa shape index (κ3) is 4.33. The number of amides is 1. The number of aromatic nitrogens is 1. The van der Waals surface area contributed by atoms with Crippen molar-refractivity contribution in [1.29, 1.82) is 0 Å². The lowest BCUT2D eigenvalue weighted by Crippen LogP contribution is -2.48. The van der Waals surface area contributed by atoms with E-state index >= 15 is 0 Å². The smallest absolute Gasteiger partial charge is 0.261 e. The minimum Gasteiger partial charge on any atom is -0.369 e. The second kappa shape index (κ2) is 8.13. The Kier molecular flexibility index (Phi) is 5.85. The highest BCUT2D eigenvalue weighted by molar-refractivity contribution is 6.05. The van der Waals surface area contributed by atoms with E-state index in [0.717, 1.165) is 31.9 Å². The van der Waals surface area contributed by atoms with Crippen LogP contribution >= 0.6 is 0 Å². The molecule has 6 nitrogen and oxygen atoms in total. The van der Waals surface area contributed by atoms with Gasteiger partial charge < -0.3 is 14.7 Å². The van der Waals surface area contributed by atoms with Crippen molar-refractivity contribution in [2.45, 2.75) is 46.6 Å². The molecule has 1 aliphatic heterocycles. The maximum atomic E-state index is 12.7. The number of hydrogen-bond acceptors (Lipinski definition) is 5. The molecule has 1 aliphatic rings. The monoisotopic (exact) mass is 370 g/mol. The molecule has 2 aromatic rings. The van der Waals surface area contributed by atoms with Crippen LogP contribution in [-0.2, 0) is 0 Å². The molecule has 6 heteroatoms. The van der Waals surface area contributed by atoms with E-state index in [1.54, 1.807) is 6.92 Å². The molecule has 1 fully saturated rings. The number of anilines is 2. The van der Waals surface area contributed by atoms with Crippen LogP contribution in [0.15, 0.2) is 28.8 Å². The lowest BCUT2D eigenvalue weighted by atomic mass is 10.0. The summed E-state index contributed by atoms with van der Waals surface area (Å²) < 4.78 is 5.32. The molecule has 2 heterocycles. The summed E-state index contributed by atoms with van der Waals surface area (Å²) in [5.41, 5.74) is 3.13. The second-order valence-electron chi connectivity index (χ2n) is 7.78. The Labute approximate surface area is 161 Å². The molecular weight excluding hydrogens is 340 g/mol. The molecule has 146 valence electrons. The predicted molar refractivity (Wildman–Crippen MR) is 109 cm³/mol. The van der Waals surface area contributed by atoms with Crippen LogP contribution in [0.5, 0.6) is 0 Å². The molecule has 3 rings (SSSR count). The van der Waals surface area contributed by atoms with E-state index in [-0.39, 0.29) is 11.8 Å². The van der Waals surface area contributed by atoms with Gasteiger partial charge in [-0.1, -0.05) is 19.0 Å². The first-order chi connectivity index (χ1) is 12.9. The van der Waals surface area contributed by atoms with E-state index in [9.17, 15) is 4.79 Å². The van der Waals surface area contributed by atoms with Gasteiger partial charge in [-0.05, 0) is 45.0 Å². The molecule has 0 unspecified atom stereocenters. The van der Waals surface area contributed by atoms with Gasteiger partial charge in [-0.2, -0.15) is 0 Å². The quantitative estimate of drug-likeness (QED) is 0.865. The van der Waals surface area contributed by atoms with Crippen LogP contribution in [0.2, 0.25) is 0 Å². The molecule has 1 aromatic carbocycles. The lowest BCUT2D eigenvalue weighted by Gasteiger charge is -2.38. The summed E-state index contributed by atoms with van der Waals surface area (Å²) in [6.07, 6.45) is 0. The summed E-state index contributed by atoms with van der Waals surface area (Å²) >= 11 is 0. The molecular formula is C21H30N4O2. The number of aryl methyl sites for hydroxylation is 1. The number of piperazine rings is 1. The van der Waals surface area contributed by atoms with Crippen molar-refractivity contribution in [2.24, 2.45) is 0 Å². The number of benzene rings is 1. The highest BCUT2D eigenvalue weighted by Gasteiger charge is 2.23. The molecule has 0 atom stereocenters. The van der Waals surface area contributed by atoms with Crippen molar-refractivity contribution < 1.29 is 9.32 Å². The summed E-state index contributed by atoms with van der Waals surface area (Å²) in [6, 6.07) is 8.66. The zero-order valence-electron chi connectivity index (χ0n) is 17.0. The molecule has 1 aromatic heterocycles. The number of nitrogens with one attached hydrogen (secondary N) is 1. The maximum Gasteiger partial charge on any atom is 0.261 e. The van der Waals surface area contributed by atoms with Gasteiger partial charge in [0.15, 0.2) is 5.76 Å². The zero-order valence-corrected chi connectivity index (χ0v) is 17.0.